The van der Waals surface area contributed by atoms with Crippen LogP contribution in [-0.2, 0) is 14.3 Å². The number of hydrogen-bond donors (Lipinski definition) is 3. The van der Waals surface area contributed by atoms with Gasteiger partial charge in [-0.2, -0.15) is 0 Å². The molecule has 4 unspecified atom stereocenters. The van der Waals surface area contributed by atoms with Crippen LogP contribution in [0.3, 0.4) is 0 Å². The molecular formula is C13H17N5O4. The van der Waals surface area contributed by atoms with Crippen molar-refractivity contribution in [2.24, 2.45) is 22.6 Å². The summed E-state index contributed by atoms with van der Waals surface area (Å²) >= 11 is 0. The monoisotopic (exact) mass is 307 g/mol. The van der Waals surface area contributed by atoms with Crippen molar-refractivity contribution >= 4 is 23.8 Å². The Morgan fingerprint density at radius 1 is 1.32 bits per heavy atom. The number of likely N-dealkylation sites (tertiary alicyclic amines) is 1. The molecule has 0 radical (unpaired) electrons. The lowest BCUT2D eigenvalue weighted by molar-refractivity contribution is -0.142. The van der Waals surface area contributed by atoms with E-state index >= 15 is 0 Å². The molecule has 0 spiro atoms. The molecular weight excluding hydrogens is 290 g/mol. The molecule has 3 aliphatic rings. The van der Waals surface area contributed by atoms with Crippen LogP contribution < -0.4 is 16.4 Å². The minimum atomic E-state index is -0.482. The Kier molecular flexibility index (Phi) is 3.57. The van der Waals surface area contributed by atoms with Gasteiger partial charge in [0.25, 0.3) is 0 Å². The molecule has 22 heavy (non-hydrogen) atoms. The fourth-order valence-electron chi connectivity index (χ4n) is 3.07. The minimum Gasteiger partial charge on any atom is -0.370 e. The second-order valence-electron chi connectivity index (χ2n) is 5.30. The third kappa shape index (κ3) is 2.23. The number of fused-ring (bicyclic) bond motifs is 5. The average Bonchev–Trinajstić information content (AvgIpc) is 3.16. The van der Waals surface area contributed by atoms with Gasteiger partial charge in [0.05, 0.1) is 30.6 Å². The highest BCUT2D eigenvalue weighted by molar-refractivity contribution is 6.06. The van der Waals surface area contributed by atoms with Gasteiger partial charge in [-0.25, -0.2) is 4.79 Å². The summed E-state index contributed by atoms with van der Waals surface area (Å²) in [5, 5.41) is 4.64. The molecule has 2 fully saturated rings. The van der Waals surface area contributed by atoms with Crippen LogP contribution in [0, 0.1) is 11.8 Å². The first-order chi connectivity index (χ1) is 10.5. The highest BCUT2D eigenvalue weighted by atomic mass is 16.5. The number of imide groups is 1. The largest absolute Gasteiger partial charge is 0.370 e. The smallest absolute Gasteiger partial charge is 0.321 e. The molecule has 0 aromatic rings. The molecule has 4 N–H and O–H groups in total. The van der Waals surface area contributed by atoms with Crippen LogP contribution in [0.4, 0.5) is 4.79 Å². The average molecular weight is 307 g/mol. The van der Waals surface area contributed by atoms with Gasteiger partial charge in [0.2, 0.25) is 11.8 Å². The van der Waals surface area contributed by atoms with E-state index < -0.39 is 17.9 Å². The van der Waals surface area contributed by atoms with E-state index in [1.54, 1.807) is 0 Å². The second kappa shape index (κ2) is 5.41. The van der Waals surface area contributed by atoms with Gasteiger partial charge in [-0.15, -0.1) is 0 Å². The first-order valence-electron chi connectivity index (χ1n) is 7.00. The predicted molar refractivity (Wildman–Crippen MR) is 75.6 cm³/mol. The van der Waals surface area contributed by atoms with E-state index in [1.165, 1.54) is 11.9 Å². The van der Waals surface area contributed by atoms with E-state index in [4.69, 9.17) is 10.5 Å². The summed E-state index contributed by atoms with van der Waals surface area (Å²) in [6, 6.07) is -0.482. The number of carbonyl (C=O) groups is 3. The van der Waals surface area contributed by atoms with E-state index in [2.05, 4.69) is 15.6 Å². The van der Waals surface area contributed by atoms with Gasteiger partial charge >= 0.3 is 6.03 Å². The van der Waals surface area contributed by atoms with Crippen LogP contribution in [0.1, 0.15) is 0 Å². The van der Waals surface area contributed by atoms with Crippen molar-refractivity contribution in [2.45, 2.75) is 12.2 Å². The van der Waals surface area contributed by atoms with Gasteiger partial charge in [-0.1, -0.05) is 12.2 Å². The maximum atomic E-state index is 12.3. The lowest BCUT2D eigenvalue weighted by Gasteiger charge is -2.16. The molecule has 3 heterocycles. The number of aliphatic imine (C=N–C) groups is 1. The van der Waals surface area contributed by atoms with Gasteiger partial charge in [-0.05, 0) is 0 Å². The molecule has 118 valence electrons. The van der Waals surface area contributed by atoms with Gasteiger partial charge < -0.3 is 15.8 Å². The van der Waals surface area contributed by atoms with Crippen molar-refractivity contribution in [3.05, 3.63) is 12.2 Å². The lowest BCUT2D eigenvalue weighted by Crippen LogP contribution is -2.42. The van der Waals surface area contributed by atoms with Crippen LogP contribution in [-0.4, -0.2) is 61.1 Å². The molecule has 3 rings (SSSR count). The topological polar surface area (TPSA) is 126 Å². The third-order valence-corrected chi connectivity index (χ3v) is 4.08. The predicted octanol–water partition coefficient (Wildman–Crippen LogP) is -1.83. The normalized spacial score (nSPS) is 32.6. The van der Waals surface area contributed by atoms with Gasteiger partial charge in [-0.3, -0.25) is 24.8 Å². The summed E-state index contributed by atoms with van der Waals surface area (Å²) in [7, 11) is 1.45. The first kappa shape index (κ1) is 14.5. The molecule has 4 amide bonds. The van der Waals surface area contributed by atoms with Crippen LogP contribution in [0.5, 0.6) is 0 Å². The van der Waals surface area contributed by atoms with E-state index in [0.29, 0.717) is 0 Å². The molecule has 0 saturated carbocycles. The lowest BCUT2D eigenvalue weighted by atomic mass is 9.85. The number of rotatable bonds is 3. The molecule has 3 aliphatic heterocycles. The highest BCUT2D eigenvalue weighted by Crippen LogP contribution is 2.44. The van der Waals surface area contributed by atoms with Gasteiger partial charge in [0, 0.05) is 13.6 Å². The number of amides is 4. The van der Waals surface area contributed by atoms with Gasteiger partial charge in [0.1, 0.15) is 0 Å². The fraction of sp³-hybridized carbons (Fsp3) is 0.538. The number of ether oxygens (including phenoxy) is 1. The van der Waals surface area contributed by atoms with Crippen molar-refractivity contribution in [1.82, 2.24) is 15.5 Å². The number of urea groups is 1. The summed E-state index contributed by atoms with van der Waals surface area (Å²) in [6.07, 6.45) is 3.09. The van der Waals surface area contributed by atoms with Crippen LogP contribution in [0.25, 0.3) is 0 Å². The number of nitrogens with one attached hydrogen (secondary N) is 2. The van der Waals surface area contributed by atoms with Crippen molar-refractivity contribution in [3.63, 3.8) is 0 Å². The minimum absolute atomic E-state index is 0.0660. The molecule has 4 atom stereocenters. The van der Waals surface area contributed by atoms with E-state index in [1.807, 2.05) is 12.2 Å². The van der Waals surface area contributed by atoms with Crippen molar-refractivity contribution in [1.29, 1.82) is 0 Å². The molecule has 0 aromatic heterocycles. The molecule has 0 aliphatic carbocycles. The fourth-order valence-corrected chi connectivity index (χ4v) is 3.07. The Labute approximate surface area is 126 Å². The second-order valence-corrected chi connectivity index (χ2v) is 5.30. The van der Waals surface area contributed by atoms with E-state index in [9.17, 15) is 14.4 Å². The summed E-state index contributed by atoms with van der Waals surface area (Å²) < 4.78 is 5.55. The number of nitrogens with two attached hydrogens (primary N) is 1. The quantitative estimate of drug-likeness (QED) is 0.245. The Morgan fingerprint density at radius 3 is 2.45 bits per heavy atom. The van der Waals surface area contributed by atoms with Crippen molar-refractivity contribution < 1.29 is 19.1 Å². The van der Waals surface area contributed by atoms with E-state index in [0.717, 1.165) is 0 Å². The zero-order valence-electron chi connectivity index (χ0n) is 12.0. The summed E-state index contributed by atoms with van der Waals surface area (Å²) in [5.41, 5.74) is 5.51. The molecule has 9 nitrogen and oxygen atoms in total. The van der Waals surface area contributed by atoms with Crippen molar-refractivity contribution in [3.8, 4) is 0 Å². The Morgan fingerprint density at radius 2 is 1.91 bits per heavy atom. The zero-order chi connectivity index (χ0) is 15.9. The molecule has 0 aromatic carbocycles. The number of guanidine groups is 1. The molecule has 2 bridgehead atoms. The summed E-state index contributed by atoms with van der Waals surface area (Å²) in [6.45, 7) is 0.274. The molecule has 9 heteroatoms. The Hall–Kier alpha value is -2.42. The number of carbonyl (C=O) groups excluding carboxylic acids is 3. The SMILES string of the molecule is CNC(=O)NC(N)=NCCN1C(=O)C2C3C=CC(O3)C2C1=O. The molecule has 2 saturated heterocycles. The maximum absolute atomic E-state index is 12.3. The Balaban J connectivity index is 1.58. The zero-order valence-corrected chi connectivity index (χ0v) is 12.0. The standard InChI is InChI=1S/C13H17N5O4/c1-15-13(21)17-12(14)16-4-5-18-10(19)8-6-2-3-7(22-6)9(8)11(18)20/h2-3,6-9H,4-5H2,1H3,(H4,14,15,16,17,21). The number of hydrogen-bond acceptors (Lipinski definition) is 5. The third-order valence-electron chi connectivity index (χ3n) is 4.08. The van der Waals surface area contributed by atoms with Crippen molar-refractivity contribution in [2.75, 3.05) is 20.1 Å². The summed E-state index contributed by atoms with van der Waals surface area (Å²) in [5.74, 6) is -1.33. The van der Waals surface area contributed by atoms with Crippen LogP contribution >= 0.6 is 0 Å². The first-order valence-corrected chi connectivity index (χ1v) is 7.00. The maximum Gasteiger partial charge on any atom is 0.321 e. The van der Waals surface area contributed by atoms with E-state index in [-0.39, 0.29) is 43.1 Å². The summed E-state index contributed by atoms with van der Waals surface area (Å²) in [4.78, 5) is 40.8. The van der Waals surface area contributed by atoms with Crippen LogP contribution in [0.2, 0.25) is 0 Å². The Bertz CT molecular complexity index is 557. The van der Waals surface area contributed by atoms with Crippen LogP contribution in [0.15, 0.2) is 17.1 Å². The highest BCUT2D eigenvalue weighted by Gasteiger charge is 2.60. The van der Waals surface area contributed by atoms with Gasteiger partial charge in [0.15, 0.2) is 5.96 Å². The number of nitrogens with zero attached hydrogens (tertiary/aromatic N) is 2.